The van der Waals surface area contributed by atoms with Gasteiger partial charge in [0, 0.05) is 12.8 Å². The molecule has 0 saturated heterocycles. The van der Waals surface area contributed by atoms with Crippen LogP contribution in [0.15, 0.2) is 12.2 Å². The van der Waals surface area contributed by atoms with Gasteiger partial charge in [0.15, 0.2) is 6.10 Å². The molecule has 1 unspecified atom stereocenters. The molecule has 0 amide bonds. The number of ether oxygens (including phenoxy) is 2. The average Bonchev–Trinajstić information content (AvgIpc) is 2.95. The van der Waals surface area contributed by atoms with E-state index in [9.17, 15) is 19.0 Å². The van der Waals surface area contributed by atoms with Gasteiger partial charge in [-0.3, -0.25) is 14.2 Å². The zero-order valence-corrected chi connectivity index (χ0v) is 29.8. The molecule has 0 aromatic carbocycles. The Morgan fingerprint density at radius 1 is 0.682 bits per heavy atom. The summed E-state index contributed by atoms with van der Waals surface area (Å²) in [5.41, 5.74) is 0. The lowest BCUT2D eigenvalue weighted by Crippen LogP contribution is -2.37. The second-order valence-corrected chi connectivity index (χ2v) is 14.3. The largest absolute Gasteiger partial charge is 0.756 e. The minimum Gasteiger partial charge on any atom is -0.756 e. The van der Waals surface area contributed by atoms with E-state index in [0.29, 0.717) is 17.4 Å². The third kappa shape index (κ3) is 30.8. The van der Waals surface area contributed by atoms with E-state index in [2.05, 4.69) is 26.0 Å². The molecule has 0 heterocycles. The fraction of sp³-hybridized carbons (Fsp3) is 0.882. The van der Waals surface area contributed by atoms with Crippen LogP contribution in [-0.4, -0.2) is 70.0 Å². The molecule has 44 heavy (non-hydrogen) atoms. The molecule has 0 aliphatic rings. The summed E-state index contributed by atoms with van der Waals surface area (Å²) in [5, 5.41) is 0. The first-order chi connectivity index (χ1) is 21.0. The molecule has 0 saturated carbocycles. The summed E-state index contributed by atoms with van der Waals surface area (Å²) in [6, 6.07) is 0. The van der Waals surface area contributed by atoms with Crippen LogP contribution in [0.25, 0.3) is 0 Å². The van der Waals surface area contributed by atoms with Crippen LogP contribution in [0.4, 0.5) is 0 Å². The van der Waals surface area contributed by atoms with Crippen molar-refractivity contribution in [3.05, 3.63) is 12.2 Å². The zero-order valence-electron chi connectivity index (χ0n) is 28.9. The number of rotatable bonds is 31. The molecule has 0 rings (SSSR count). The fourth-order valence-corrected chi connectivity index (χ4v) is 5.19. The van der Waals surface area contributed by atoms with Gasteiger partial charge >= 0.3 is 11.9 Å². The molecule has 0 aliphatic carbocycles. The van der Waals surface area contributed by atoms with Crippen LogP contribution >= 0.6 is 7.82 Å². The number of nitrogens with zero attached hydrogens (tertiary/aromatic N) is 1. The standard InChI is InChI=1S/C34H66NO8P/c1-6-8-10-12-14-16-17-19-21-23-25-27-34(37)43-32(31-42-44(38,39)41-29-28-35(3,4)5)30-40-33(36)26-24-22-20-18-15-13-11-9-7-2/h12,14,32H,6-11,13,15-31H2,1-5H3/b14-12+/t32-/m1/s1. The highest BCUT2D eigenvalue weighted by Crippen LogP contribution is 2.38. The number of carbonyl (C=O) groups excluding carboxylic acids is 2. The van der Waals surface area contributed by atoms with Crippen LogP contribution in [0.1, 0.15) is 142 Å². The summed E-state index contributed by atoms with van der Waals surface area (Å²) in [5.74, 6) is -0.849. The smallest absolute Gasteiger partial charge is 0.306 e. The molecule has 0 aromatic heterocycles. The number of esters is 2. The number of hydrogen-bond acceptors (Lipinski definition) is 8. The number of carbonyl (C=O) groups is 2. The van der Waals surface area contributed by atoms with Crippen molar-refractivity contribution in [1.29, 1.82) is 0 Å². The number of phosphoric acid groups is 1. The second-order valence-electron chi connectivity index (χ2n) is 12.9. The molecular weight excluding hydrogens is 581 g/mol. The highest BCUT2D eigenvalue weighted by molar-refractivity contribution is 7.45. The molecule has 0 radical (unpaired) electrons. The SMILES string of the molecule is CCCC/C=C/CCCCCCCC(=O)O[C@H](COC(=O)CCCCCCCCCCC)COP(=O)([O-])OCC[N+](C)(C)C. The van der Waals surface area contributed by atoms with Crippen molar-refractivity contribution in [3.8, 4) is 0 Å². The molecule has 0 aliphatic heterocycles. The Labute approximate surface area is 269 Å². The van der Waals surface area contributed by atoms with Crippen LogP contribution in [0.2, 0.25) is 0 Å². The van der Waals surface area contributed by atoms with Crippen molar-refractivity contribution in [1.82, 2.24) is 0 Å². The summed E-state index contributed by atoms with van der Waals surface area (Å²) in [6.07, 6.45) is 23.9. The van der Waals surface area contributed by atoms with Gasteiger partial charge < -0.3 is 27.9 Å². The van der Waals surface area contributed by atoms with Crippen LogP contribution in [-0.2, 0) is 32.7 Å². The number of likely N-dealkylation sites (N-methyl/N-ethyl adjacent to an activating group) is 1. The van der Waals surface area contributed by atoms with E-state index >= 15 is 0 Å². The monoisotopic (exact) mass is 647 g/mol. The maximum atomic E-state index is 12.5. The quantitative estimate of drug-likeness (QED) is 0.0244. The number of hydrogen-bond donors (Lipinski definition) is 0. The lowest BCUT2D eigenvalue weighted by Gasteiger charge is -2.28. The number of unbranched alkanes of at least 4 members (excludes halogenated alkanes) is 15. The first kappa shape index (κ1) is 42.8. The van der Waals surface area contributed by atoms with Crippen LogP contribution in [0.3, 0.4) is 0 Å². The van der Waals surface area contributed by atoms with E-state index in [1.54, 1.807) is 0 Å². The minimum absolute atomic E-state index is 0.0302. The Balaban J connectivity index is 4.51. The molecule has 0 N–H and O–H groups in total. The van der Waals surface area contributed by atoms with E-state index in [0.717, 1.165) is 57.8 Å². The zero-order chi connectivity index (χ0) is 32.9. The Hall–Kier alpha value is -1.25. The second kappa shape index (κ2) is 28.0. The molecule has 0 aromatic rings. The van der Waals surface area contributed by atoms with Gasteiger partial charge in [0.1, 0.15) is 19.8 Å². The van der Waals surface area contributed by atoms with Gasteiger partial charge in [0.2, 0.25) is 0 Å². The molecule has 0 fully saturated rings. The van der Waals surface area contributed by atoms with Gasteiger partial charge in [-0.1, -0.05) is 109 Å². The Morgan fingerprint density at radius 2 is 1.18 bits per heavy atom. The molecule has 9 nitrogen and oxygen atoms in total. The summed E-state index contributed by atoms with van der Waals surface area (Å²) >= 11 is 0. The van der Waals surface area contributed by atoms with Crippen molar-refractivity contribution in [2.45, 2.75) is 148 Å². The van der Waals surface area contributed by atoms with Crippen molar-refractivity contribution >= 4 is 19.8 Å². The number of quaternary nitrogens is 1. The van der Waals surface area contributed by atoms with Crippen LogP contribution in [0, 0.1) is 0 Å². The van der Waals surface area contributed by atoms with Crippen molar-refractivity contribution in [2.75, 3.05) is 47.5 Å². The molecule has 0 bridgehead atoms. The molecule has 2 atom stereocenters. The van der Waals surface area contributed by atoms with E-state index < -0.39 is 32.5 Å². The minimum atomic E-state index is -4.61. The maximum absolute atomic E-state index is 12.5. The lowest BCUT2D eigenvalue weighted by molar-refractivity contribution is -0.870. The van der Waals surface area contributed by atoms with Gasteiger partial charge in [-0.05, 0) is 32.1 Å². The Kier molecular flexibility index (Phi) is 27.2. The first-order valence-corrected chi connectivity index (χ1v) is 18.9. The van der Waals surface area contributed by atoms with Gasteiger partial charge in [0.05, 0.1) is 27.7 Å². The van der Waals surface area contributed by atoms with Crippen LogP contribution < -0.4 is 4.89 Å². The third-order valence-electron chi connectivity index (χ3n) is 7.29. The van der Waals surface area contributed by atoms with Gasteiger partial charge in [-0.25, -0.2) is 0 Å². The molecule has 10 heteroatoms. The summed E-state index contributed by atoms with van der Waals surface area (Å²) in [6.45, 7) is 4.13. The third-order valence-corrected chi connectivity index (χ3v) is 8.25. The average molecular weight is 648 g/mol. The first-order valence-electron chi connectivity index (χ1n) is 17.4. The van der Waals surface area contributed by atoms with Crippen molar-refractivity contribution in [3.63, 3.8) is 0 Å². The number of phosphoric ester groups is 1. The Morgan fingerprint density at radius 3 is 1.75 bits per heavy atom. The molecule has 260 valence electrons. The van der Waals surface area contributed by atoms with E-state index in [-0.39, 0.29) is 26.1 Å². The van der Waals surface area contributed by atoms with Crippen molar-refractivity contribution in [2.24, 2.45) is 0 Å². The molecule has 0 spiro atoms. The fourth-order valence-electron chi connectivity index (χ4n) is 4.46. The number of allylic oxidation sites excluding steroid dienone is 2. The maximum Gasteiger partial charge on any atom is 0.306 e. The topological polar surface area (TPSA) is 111 Å². The predicted molar refractivity (Wildman–Crippen MR) is 176 cm³/mol. The van der Waals surface area contributed by atoms with Gasteiger partial charge in [0.25, 0.3) is 7.82 Å². The van der Waals surface area contributed by atoms with Crippen LogP contribution in [0.5, 0.6) is 0 Å². The van der Waals surface area contributed by atoms with E-state index in [1.165, 1.54) is 51.4 Å². The van der Waals surface area contributed by atoms with E-state index in [4.69, 9.17) is 18.5 Å². The summed E-state index contributed by atoms with van der Waals surface area (Å²) < 4.78 is 33.6. The summed E-state index contributed by atoms with van der Waals surface area (Å²) in [4.78, 5) is 37.1. The van der Waals surface area contributed by atoms with Gasteiger partial charge in [-0.15, -0.1) is 0 Å². The lowest BCUT2D eigenvalue weighted by atomic mass is 10.1. The normalized spacial score (nSPS) is 14.0. The van der Waals surface area contributed by atoms with Crippen molar-refractivity contribution < 1.29 is 42.1 Å². The Bertz CT molecular complexity index is 784. The molecular formula is C34H66NO8P. The van der Waals surface area contributed by atoms with E-state index in [1.807, 2.05) is 21.1 Å². The summed E-state index contributed by atoms with van der Waals surface area (Å²) in [7, 11) is 1.16. The highest BCUT2D eigenvalue weighted by atomic mass is 31.2. The van der Waals surface area contributed by atoms with Gasteiger partial charge in [-0.2, -0.15) is 0 Å². The highest BCUT2D eigenvalue weighted by Gasteiger charge is 2.21. The predicted octanol–water partition coefficient (Wildman–Crippen LogP) is 8.05.